The third-order valence-electron chi connectivity index (χ3n) is 4.32. The Morgan fingerprint density at radius 3 is 2.28 bits per heavy atom. The van der Waals surface area contributed by atoms with E-state index in [1.165, 1.54) is 17.4 Å². The molecule has 2 amide bonds. The molecule has 3 rings (SSSR count). The van der Waals surface area contributed by atoms with Crippen LogP contribution in [-0.4, -0.2) is 54.3 Å². The van der Waals surface area contributed by atoms with Crippen LogP contribution in [0, 0.1) is 13.8 Å². The monoisotopic (exact) mass is 341 g/mol. The molecule has 0 radical (unpaired) electrons. The van der Waals surface area contributed by atoms with Crippen LogP contribution >= 0.6 is 0 Å². The fourth-order valence-corrected chi connectivity index (χ4v) is 3.08. The molecule has 0 aliphatic carbocycles. The first kappa shape index (κ1) is 17.1. The molecule has 0 saturated carbocycles. The Balaban J connectivity index is 1.49. The van der Waals surface area contributed by atoms with Crippen molar-refractivity contribution in [2.75, 3.05) is 38.0 Å². The Morgan fingerprint density at radius 2 is 1.68 bits per heavy atom. The zero-order valence-corrected chi connectivity index (χ0v) is 14.6. The van der Waals surface area contributed by atoms with Crippen LogP contribution < -0.4 is 5.32 Å². The lowest BCUT2D eigenvalue weighted by atomic mass is 10.1. The van der Waals surface area contributed by atoms with E-state index >= 15 is 0 Å². The lowest BCUT2D eigenvalue weighted by Crippen LogP contribution is -2.51. The number of amides is 2. The molecule has 0 spiro atoms. The van der Waals surface area contributed by atoms with Crippen LogP contribution in [0.3, 0.4) is 0 Å². The van der Waals surface area contributed by atoms with E-state index in [1.54, 1.807) is 21.9 Å². The zero-order chi connectivity index (χ0) is 17.8. The third kappa shape index (κ3) is 4.21. The largest absolute Gasteiger partial charge is 0.459 e. The van der Waals surface area contributed by atoms with E-state index < -0.39 is 0 Å². The van der Waals surface area contributed by atoms with E-state index in [0.717, 1.165) is 5.69 Å². The van der Waals surface area contributed by atoms with Gasteiger partial charge in [-0.3, -0.25) is 9.59 Å². The number of aryl methyl sites for hydroxylation is 2. The number of benzene rings is 1. The maximum absolute atomic E-state index is 12.4. The molecular formula is C19H23N3O3. The minimum atomic E-state index is -0.120. The Kier molecular flexibility index (Phi) is 5.07. The number of carbonyl (C=O) groups is 2. The topological polar surface area (TPSA) is 65.8 Å². The molecule has 1 aromatic carbocycles. The summed E-state index contributed by atoms with van der Waals surface area (Å²) >= 11 is 0. The van der Waals surface area contributed by atoms with Gasteiger partial charge < -0.3 is 19.5 Å². The van der Waals surface area contributed by atoms with Gasteiger partial charge in [0.25, 0.3) is 5.91 Å². The van der Waals surface area contributed by atoms with Crippen molar-refractivity contribution in [3.05, 3.63) is 53.5 Å². The van der Waals surface area contributed by atoms with E-state index in [-0.39, 0.29) is 18.4 Å². The highest BCUT2D eigenvalue weighted by Gasteiger charge is 2.25. The second-order valence-corrected chi connectivity index (χ2v) is 6.38. The summed E-state index contributed by atoms with van der Waals surface area (Å²) in [6.45, 7) is 6.46. The number of nitrogens with zero attached hydrogens (tertiary/aromatic N) is 2. The molecule has 0 atom stereocenters. The summed E-state index contributed by atoms with van der Waals surface area (Å²) in [6.07, 6.45) is 1.49. The molecule has 2 aromatic rings. The van der Waals surface area contributed by atoms with Gasteiger partial charge in [-0.15, -0.1) is 0 Å². The van der Waals surface area contributed by atoms with E-state index in [4.69, 9.17) is 4.42 Å². The number of hydrogen-bond donors (Lipinski definition) is 1. The number of carbonyl (C=O) groups excluding carboxylic acids is 2. The normalized spacial score (nSPS) is 14.5. The van der Waals surface area contributed by atoms with Crippen molar-refractivity contribution in [3.8, 4) is 0 Å². The maximum atomic E-state index is 12.4. The number of hydrogen-bond acceptors (Lipinski definition) is 4. The van der Waals surface area contributed by atoms with Crippen molar-refractivity contribution >= 4 is 17.5 Å². The van der Waals surface area contributed by atoms with Gasteiger partial charge in [0, 0.05) is 31.9 Å². The molecule has 1 N–H and O–H groups in total. The highest BCUT2D eigenvalue weighted by atomic mass is 16.3. The minimum absolute atomic E-state index is 0.0456. The van der Waals surface area contributed by atoms with Crippen molar-refractivity contribution < 1.29 is 14.0 Å². The molecule has 0 bridgehead atoms. The number of rotatable bonds is 4. The average molecular weight is 341 g/mol. The molecule has 1 aliphatic rings. The van der Waals surface area contributed by atoms with Gasteiger partial charge in [0.2, 0.25) is 5.91 Å². The van der Waals surface area contributed by atoms with Crippen LogP contribution in [0.25, 0.3) is 0 Å². The second-order valence-electron chi connectivity index (χ2n) is 6.38. The van der Waals surface area contributed by atoms with Crippen LogP contribution in [0.15, 0.2) is 41.0 Å². The van der Waals surface area contributed by atoms with Crippen LogP contribution in [0.5, 0.6) is 0 Å². The molecule has 1 saturated heterocycles. The summed E-state index contributed by atoms with van der Waals surface area (Å²) in [6, 6.07) is 9.52. The quantitative estimate of drug-likeness (QED) is 0.927. The van der Waals surface area contributed by atoms with Crippen molar-refractivity contribution in [1.29, 1.82) is 0 Å². The number of nitrogens with one attached hydrogen (secondary N) is 1. The number of piperazine rings is 1. The zero-order valence-electron chi connectivity index (χ0n) is 14.6. The summed E-state index contributed by atoms with van der Waals surface area (Å²) < 4.78 is 5.15. The van der Waals surface area contributed by atoms with E-state index in [2.05, 4.69) is 11.4 Å². The van der Waals surface area contributed by atoms with Crippen LogP contribution in [0.4, 0.5) is 5.69 Å². The standard InChI is InChI=1S/C19H23N3O3/c1-14-10-15(2)12-16(11-14)20-13-18(23)21-5-7-22(8-6-21)19(24)17-4-3-9-25-17/h3-4,9-12,20H,5-8,13H2,1-2H3. The molecule has 25 heavy (non-hydrogen) atoms. The molecule has 2 heterocycles. The van der Waals surface area contributed by atoms with Crippen molar-refractivity contribution in [1.82, 2.24) is 9.80 Å². The Labute approximate surface area is 147 Å². The molecule has 132 valence electrons. The highest BCUT2D eigenvalue weighted by molar-refractivity contribution is 5.91. The van der Waals surface area contributed by atoms with Gasteiger partial charge in [-0.2, -0.15) is 0 Å². The van der Waals surface area contributed by atoms with E-state index in [1.807, 2.05) is 26.0 Å². The fourth-order valence-electron chi connectivity index (χ4n) is 3.08. The molecule has 1 fully saturated rings. The lowest BCUT2D eigenvalue weighted by Gasteiger charge is -2.34. The van der Waals surface area contributed by atoms with Gasteiger partial charge in [-0.25, -0.2) is 0 Å². The number of furan rings is 1. The summed E-state index contributed by atoms with van der Waals surface area (Å²) in [4.78, 5) is 28.1. The molecule has 1 aromatic heterocycles. The summed E-state index contributed by atoms with van der Waals surface area (Å²) in [5.41, 5.74) is 3.29. The maximum Gasteiger partial charge on any atom is 0.289 e. The first-order valence-electron chi connectivity index (χ1n) is 8.45. The molecule has 6 heteroatoms. The summed E-state index contributed by atoms with van der Waals surface area (Å²) in [5, 5.41) is 3.19. The lowest BCUT2D eigenvalue weighted by molar-refractivity contribution is -0.130. The van der Waals surface area contributed by atoms with E-state index in [9.17, 15) is 9.59 Å². The Hall–Kier alpha value is -2.76. The van der Waals surface area contributed by atoms with Crippen LogP contribution in [0.2, 0.25) is 0 Å². The predicted octanol–water partition coefficient (Wildman–Crippen LogP) is 2.29. The van der Waals surface area contributed by atoms with Gasteiger partial charge in [0.1, 0.15) is 0 Å². The van der Waals surface area contributed by atoms with Crippen molar-refractivity contribution in [3.63, 3.8) is 0 Å². The summed E-state index contributed by atoms with van der Waals surface area (Å²) in [5.74, 6) is 0.269. The molecule has 1 aliphatic heterocycles. The first-order chi connectivity index (χ1) is 12.0. The third-order valence-corrected chi connectivity index (χ3v) is 4.32. The summed E-state index contributed by atoms with van der Waals surface area (Å²) in [7, 11) is 0. The molecular weight excluding hydrogens is 318 g/mol. The number of anilines is 1. The van der Waals surface area contributed by atoms with Gasteiger partial charge >= 0.3 is 0 Å². The van der Waals surface area contributed by atoms with Crippen LogP contribution in [0.1, 0.15) is 21.7 Å². The predicted molar refractivity (Wildman–Crippen MR) is 95.6 cm³/mol. The van der Waals surface area contributed by atoms with Gasteiger partial charge in [-0.1, -0.05) is 6.07 Å². The highest BCUT2D eigenvalue weighted by Crippen LogP contribution is 2.14. The van der Waals surface area contributed by atoms with Gasteiger partial charge in [0.05, 0.1) is 12.8 Å². The Bertz CT molecular complexity index is 727. The first-order valence-corrected chi connectivity index (χ1v) is 8.45. The van der Waals surface area contributed by atoms with Crippen LogP contribution in [-0.2, 0) is 4.79 Å². The SMILES string of the molecule is Cc1cc(C)cc(NCC(=O)N2CCN(C(=O)c3ccco3)CC2)c1. The van der Waals surface area contributed by atoms with E-state index in [0.29, 0.717) is 31.9 Å². The minimum Gasteiger partial charge on any atom is -0.459 e. The fraction of sp³-hybridized carbons (Fsp3) is 0.368. The Morgan fingerprint density at radius 1 is 1.04 bits per heavy atom. The smallest absolute Gasteiger partial charge is 0.289 e. The van der Waals surface area contributed by atoms with Gasteiger partial charge in [0.15, 0.2) is 5.76 Å². The average Bonchev–Trinajstić information content (AvgIpc) is 3.13. The molecule has 0 unspecified atom stereocenters. The van der Waals surface area contributed by atoms with Crippen molar-refractivity contribution in [2.45, 2.75) is 13.8 Å². The second kappa shape index (κ2) is 7.42. The molecule has 6 nitrogen and oxygen atoms in total. The van der Waals surface area contributed by atoms with Crippen molar-refractivity contribution in [2.24, 2.45) is 0 Å². The van der Waals surface area contributed by atoms with Gasteiger partial charge in [-0.05, 0) is 49.2 Å².